The molecular formula is C22H23Cl2IN2O4. The maximum atomic E-state index is 12.2. The summed E-state index contributed by atoms with van der Waals surface area (Å²) in [5.41, 5.74) is 0. The minimum atomic E-state index is -0.159. The quantitative estimate of drug-likeness (QED) is 0.450. The number of amides is 2. The Labute approximate surface area is 205 Å². The molecule has 0 bridgehead atoms. The van der Waals surface area contributed by atoms with Gasteiger partial charge in [0, 0.05) is 20.7 Å². The average molecular weight is 577 g/mol. The van der Waals surface area contributed by atoms with Crippen LogP contribution in [0.4, 0.5) is 0 Å². The molecule has 1 saturated carbocycles. The van der Waals surface area contributed by atoms with Gasteiger partial charge in [-0.15, -0.1) is 0 Å². The van der Waals surface area contributed by atoms with Crippen molar-refractivity contribution in [2.24, 2.45) is 0 Å². The van der Waals surface area contributed by atoms with Crippen LogP contribution in [0, 0.1) is 3.57 Å². The largest absolute Gasteiger partial charge is 0.484 e. The topological polar surface area (TPSA) is 76.7 Å². The van der Waals surface area contributed by atoms with Crippen molar-refractivity contribution in [3.63, 3.8) is 0 Å². The lowest BCUT2D eigenvalue weighted by Crippen LogP contribution is -2.45. The first-order chi connectivity index (χ1) is 14.9. The van der Waals surface area contributed by atoms with Crippen LogP contribution in [-0.2, 0) is 9.59 Å². The van der Waals surface area contributed by atoms with Crippen LogP contribution in [-0.4, -0.2) is 37.1 Å². The highest BCUT2D eigenvalue weighted by molar-refractivity contribution is 14.1. The van der Waals surface area contributed by atoms with Gasteiger partial charge in [-0.25, -0.2) is 0 Å². The molecule has 3 rings (SSSR count). The van der Waals surface area contributed by atoms with E-state index in [0.717, 1.165) is 29.3 Å². The number of hydrogen-bond donors (Lipinski definition) is 2. The Bertz CT molecular complexity index is 903. The van der Waals surface area contributed by atoms with Crippen LogP contribution in [0.15, 0.2) is 42.5 Å². The van der Waals surface area contributed by atoms with E-state index in [2.05, 4.69) is 33.2 Å². The second kappa shape index (κ2) is 11.8. The van der Waals surface area contributed by atoms with Gasteiger partial charge in [0.15, 0.2) is 13.2 Å². The fourth-order valence-electron chi connectivity index (χ4n) is 3.32. The summed E-state index contributed by atoms with van der Waals surface area (Å²) in [6.45, 7) is -0.0876. The highest BCUT2D eigenvalue weighted by atomic mass is 127. The third kappa shape index (κ3) is 8.05. The number of benzene rings is 2. The van der Waals surface area contributed by atoms with E-state index >= 15 is 0 Å². The molecule has 1 fully saturated rings. The predicted molar refractivity (Wildman–Crippen MR) is 129 cm³/mol. The number of carbonyl (C=O) groups is 2. The van der Waals surface area contributed by atoms with Crippen LogP contribution >= 0.6 is 45.8 Å². The Morgan fingerprint density at radius 2 is 1.32 bits per heavy atom. The van der Waals surface area contributed by atoms with Crippen molar-refractivity contribution in [3.05, 3.63) is 56.1 Å². The van der Waals surface area contributed by atoms with Crippen molar-refractivity contribution in [3.8, 4) is 11.5 Å². The second-order valence-electron chi connectivity index (χ2n) is 7.29. The van der Waals surface area contributed by atoms with Crippen LogP contribution in [0.25, 0.3) is 0 Å². The summed E-state index contributed by atoms with van der Waals surface area (Å²) in [5.74, 6) is 0.889. The molecule has 6 nitrogen and oxygen atoms in total. The van der Waals surface area contributed by atoms with Gasteiger partial charge >= 0.3 is 0 Å². The molecule has 0 unspecified atom stereocenters. The molecule has 0 atom stereocenters. The second-order valence-corrected chi connectivity index (χ2v) is 9.30. The van der Waals surface area contributed by atoms with Crippen LogP contribution in [0.5, 0.6) is 11.5 Å². The average Bonchev–Trinajstić information content (AvgIpc) is 2.75. The molecule has 0 aliphatic heterocycles. The van der Waals surface area contributed by atoms with Crippen molar-refractivity contribution >= 4 is 57.6 Å². The van der Waals surface area contributed by atoms with E-state index in [4.69, 9.17) is 32.7 Å². The highest BCUT2D eigenvalue weighted by Gasteiger charge is 2.23. The number of hydrogen-bond acceptors (Lipinski definition) is 4. The maximum Gasteiger partial charge on any atom is 0.258 e. The molecule has 31 heavy (non-hydrogen) atoms. The Kier molecular flexibility index (Phi) is 9.10. The van der Waals surface area contributed by atoms with Crippen LogP contribution in [0.1, 0.15) is 25.7 Å². The first kappa shape index (κ1) is 23.9. The van der Waals surface area contributed by atoms with Crippen LogP contribution in [0.3, 0.4) is 0 Å². The van der Waals surface area contributed by atoms with E-state index in [0.29, 0.717) is 21.5 Å². The summed E-state index contributed by atoms with van der Waals surface area (Å²) >= 11 is 13.9. The highest BCUT2D eigenvalue weighted by Crippen LogP contribution is 2.23. The van der Waals surface area contributed by atoms with Gasteiger partial charge in [0.05, 0.1) is 5.02 Å². The lowest BCUT2D eigenvalue weighted by molar-refractivity contribution is -0.125. The van der Waals surface area contributed by atoms with E-state index in [1.165, 1.54) is 0 Å². The molecule has 1 aliphatic carbocycles. The lowest BCUT2D eigenvalue weighted by Gasteiger charge is -2.29. The fraction of sp³-hybridized carbons (Fsp3) is 0.364. The van der Waals surface area contributed by atoms with Crippen LogP contribution in [0.2, 0.25) is 10.0 Å². The number of nitrogens with one attached hydrogen (secondary N) is 2. The molecule has 0 heterocycles. The molecule has 2 aromatic carbocycles. The van der Waals surface area contributed by atoms with Gasteiger partial charge in [-0.2, -0.15) is 0 Å². The minimum absolute atomic E-state index is 0.0424. The number of rotatable bonds is 8. The van der Waals surface area contributed by atoms with E-state index in [9.17, 15) is 9.59 Å². The van der Waals surface area contributed by atoms with E-state index < -0.39 is 0 Å². The molecule has 0 radical (unpaired) electrons. The summed E-state index contributed by atoms with van der Waals surface area (Å²) in [6, 6.07) is 12.3. The molecule has 1 aliphatic rings. The van der Waals surface area contributed by atoms with Gasteiger partial charge < -0.3 is 20.1 Å². The van der Waals surface area contributed by atoms with Crippen molar-refractivity contribution in [1.29, 1.82) is 0 Å². The minimum Gasteiger partial charge on any atom is -0.484 e. The Morgan fingerprint density at radius 1 is 0.839 bits per heavy atom. The van der Waals surface area contributed by atoms with Gasteiger partial charge in [0.2, 0.25) is 0 Å². The number of carbonyl (C=O) groups excluding carboxylic acids is 2. The van der Waals surface area contributed by atoms with Crippen molar-refractivity contribution in [2.45, 2.75) is 37.8 Å². The Balaban J connectivity index is 1.32. The zero-order valence-electron chi connectivity index (χ0n) is 16.7. The van der Waals surface area contributed by atoms with Crippen LogP contribution < -0.4 is 20.1 Å². The van der Waals surface area contributed by atoms with Gasteiger partial charge in [0.1, 0.15) is 11.5 Å². The fourth-order valence-corrected chi connectivity index (χ4v) is 4.05. The summed E-state index contributed by atoms with van der Waals surface area (Å²) < 4.78 is 11.9. The van der Waals surface area contributed by atoms with Gasteiger partial charge in [-0.1, -0.05) is 23.2 Å². The molecule has 166 valence electrons. The molecule has 0 spiro atoms. The van der Waals surface area contributed by atoms with E-state index in [1.54, 1.807) is 42.5 Å². The monoisotopic (exact) mass is 576 g/mol. The molecule has 9 heteroatoms. The lowest BCUT2D eigenvalue weighted by atomic mass is 9.91. The van der Waals surface area contributed by atoms with Gasteiger partial charge in [-0.05, 0) is 90.7 Å². The van der Waals surface area contributed by atoms with E-state index in [-0.39, 0.29) is 37.1 Å². The van der Waals surface area contributed by atoms with Gasteiger partial charge in [-0.3, -0.25) is 9.59 Å². The molecule has 2 aromatic rings. The molecular weight excluding hydrogens is 554 g/mol. The first-order valence-corrected chi connectivity index (χ1v) is 11.8. The van der Waals surface area contributed by atoms with E-state index in [1.807, 2.05) is 0 Å². The zero-order chi connectivity index (χ0) is 22.2. The number of ether oxygens (including phenoxy) is 2. The Hall–Kier alpha value is -1.71. The zero-order valence-corrected chi connectivity index (χ0v) is 20.4. The van der Waals surface area contributed by atoms with Crippen molar-refractivity contribution in [1.82, 2.24) is 10.6 Å². The molecule has 2 amide bonds. The van der Waals surface area contributed by atoms with Gasteiger partial charge in [0.25, 0.3) is 11.8 Å². The predicted octanol–water partition coefficient (Wildman–Crippen LogP) is 4.60. The van der Waals surface area contributed by atoms with Crippen molar-refractivity contribution in [2.75, 3.05) is 13.2 Å². The summed E-state index contributed by atoms with van der Waals surface area (Å²) in [7, 11) is 0. The third-order valence-electron chi connectivity index (χ3n) is 4.90. The maximum absolute atomic E-state index is 12.2. The SMILES string of the molecule is O=C(COc1ccc(Cl)cc1)NC1CCC(NC(=O)COc2ccc(Cl)c(I)c2)CC1. The summed E-state index contributed by atoms with van der Waals surface area (Å²) in [5, 5.41) is 7.26. The molecule has 0 saturated heterocycles. The summed E-state index contributed by atoms with van der Waals surface area (Å²) in [6.07, 6.45) is 3.20. The molecule has 0 aromatic heterocycles. The normalized spacial score (nSPS) is 18.2. The third-order valence-corrected chi connectivity index (χ3v) is 6.69. The Morgan fingerprint density at radius 3 is 1.84 bits per heavy atom. The first-order valence-electron chi connectivity index (χ1n) is 9.94. The summed E-state index contributed by atoms with van der Waals surface area (Å²) in [4.78, 5) is 24.3. The smallest absolute Gasteiger partial charge is 0.258 e. The molecule has 2 N–H and O–H groups in total. The van der Waals surface area contributed by atoms with Crippen molar-refractivity contribution < 1.29 is 19.1 Å². The number of halogens is 3. The standard InChI is InChI=1S/C22H23Cl2IN2O4/c23-14-1-7-17(8-2-14)30-12-21(28)26-15-3-5-16(6-4-15)27-22(29)13-31-18-9-10-19(24)20(25)11-18/h1-2,7-11,15-16H,3-6,12-13H2,(H,26,28)(H,27,29).